The normalized spacial score (nSPS) is 21.0. The Balaban J connectivity index is 1.99. The molecule has 1 aliphatic rings. The molecule has 0 aromatic heterocycles. The summed E-state index contributed by atoms with van der Waals surface area (Å²) < 4.78 is 0. The molecule has 4 heteroatoms. The second kappa shape index (κ2) is 5.40. The van der Waals surface area contributed by atoms with Crippen LogP contribution in [0.1, 0.15) is 12.5 Å². The Bertz CT molecular complexity index is 433. The molecule has 18 heavy (non-hydrogen) atoms. The Morgan fingerprint density at radius 2 is 2.11 bits per heavy atom. The highest BCUT2D eigenvalue weighted by atomic mass is 16.2. The highest BCUT2D eigenvalue weighted by Gasteiger charge is 2.24. The first-order chi connectivity index (χ1) is 8.58. The maximum absolute atomic E-state index is 12.2. The quantitative estimate of drug-likeness (QED) is 0.792. The largest absolute Gasteiger partial charge is 0.398 e. The number of piperazine rings is 1. The lowest BCUT2D eigenvalue weighted by Gasteiger charge is -2.37. The van der Waals surface area contributed by atoms with Crippen molar-refractivity contribution >= 4 is 11.6 Å². The molecular formula is C14H21N3O. The van der Waals surface area contributed by atoms with Crippen LogP contribution < -0.4 is 5.73 Å². The number of nitrogens with zero attached hydrogens (tertiary/aromatic N) is 2. The fourth-order valence-corrected chi connectivity index (χ4v) is 2.24. The highest BCUT2D eigenvalue weighted by molar-refractivity contribution is 5.80. The van der Waals surface area contributed by atoms with Crippen molar-refractivity contribution in [3.05, 3.63) is 29.8 Å². The van der Waals surface area contributed by atoms with Crippen molar-refractivity contribution in [1.29, 1.82) is 0 Å². The lowest BCUT2D eigenvalue weighted by molar-refractivity contribution is -0.133. The van der Waals surface area contributed by atoms with Crippen LogP contribution >= 0.6 is 0 Å². The van der Waals surface area contributed by atoms with Crippen LogP contribution in [-0.4, -0.2) is 48.4 Å². The molecule has 0 aliphatic carbocycles. The van der Waals surface area contributed by atoms with Gasteiger partial charge in [-0.05, 0) is 25.6 Å². The smallest absolute Gasteiger partial charge is 0.227 e. The van der Waals surface area contributed by atoms with Crippen molar-refractivity contribution in [1.82, 2.24) is 9.80 Å². The lowest BCUT2D eigenvalue weighted by Crippen LogP contribution is -2.52. The topological polar surface area (TPSA) is 49.6 Å². The van der Waals surface area contributed by atoms with Crippen LogP contribution in [0.3, 0.4) is 0 Å². The molecule has 1 unspecified atom stereocenters. The molecule has 98 valence electrons. The van der Waals surface area contributed by atoms with Crippen LogP contribution in [0, 0.1) is 0 Å². The number of hydrogen-bond acceptors (Lipinski definition) is 3. The van der Waals surface area contributed by atoms with Crippen molar-refractivity contribution in [3.8, 4) is 0 Å². The number of para-hydroxylation sites is 1. The van der Waals surface area contributed by atoms with E-state index in [-0.39, 0.29) is 5.91 Å². The third kappa shape index (κ3) is 2.82. The minimum atomic E-state index is 0.174. The maximum atomic E-state index is 12.2. The lowest BCUT2D eigenvalue weighted by atomic mass is 10.1. The number of likely N-dealkylation sites (N-methyl/N-ethyl adjacent to an activating group) is 1. The van der Waals surface area contributed by atoms with E-state index in [9.17, 15) is 4.79 Å². The molecule has 0 spiro atoms. The number of carbonyl (C=O) groups excluding carboxylic acids is 1. The molecule has 1 fully saturated rings. The number of carbonyl (C=O) groups is 1. The Kier molecular flexibility index (Phi) is 3.87. The molecule has 1 heterocycles. The van der Waals surface area contributed by atoms with Crippen LogP contribution in [0.15, 0.2) is 24.3 Å². The summed E-state index contributed by atoms with van der Waals surface area (Å²) in [4.78, 5) is 16.4. The van der Waals surface area contributed by atoms with Crippen molar-refractivity contribution in [2.75, 3.05) is 32.4 Å². The average molecular weight is 247 g/mol. The predicted octanol–water partition coefficient (Wildman–Crippen LogP) is 0.974. The molecule has 1 saturated heterocycles. The number of benzene rings is 1. The van der Waals surface area contributed by atoms with Crippen LogP contribution in [0.5, 0.6) is 0 Å². The molecular weight excluding hydrogens is 226 g/mol. The molecule has 0 radical (unpaired) electrons. The third-order valence-corrected chi connectivity index (χ3v) is 3.71. The van der Waals surface area contributed by atoms with E-state index < -0.39 is 0 Å². The molecule has 1 amide bonds. The van der Waals surface area contributed by atoms with Crippen LogP contribution in [0.25, 0.3) is 0 Å². The zero-order valence-corrected chi connectivity index (χ0v) is 11.1. The molecule has 0 saturated carbocycles. The van der Waals surface area contributed by atoms with Crippen molar-refractivity contribution in [2.45, 2.75) is 19.4 Å². The van der Waals surface area contributed by atoms with Gasteiger partial charge in [-0.3, -0.25) is 4.79 Å². The van der Waals surface area contributed by atoms with Crippen molar-refractivity contribution in [2.24, 2.45) is 0 Å². The summed E-state index contributed by atoms with van der Waals surface area (Å²) in [5.41, 5.74) is 7.50. The van der Waals surface area contributed by atoms with Crippen LogP contribution in [-0.2, 0) is 11.2 Å². The number of nitrogen functional groups attached to an aromatic ring is 1. The van der Waals surface area contributed by atoms with Gasteiger partial charge in [-0.2, -0.15) is 0 Å². The highest BCUT2D eigenvalue weighted by Crippen LogP contribution is 2.14. The molecule has 1 aliphatic heterocycles. The van der Waals surface area contributed by atoms with Gasteiger partial charge < -0.3 is 15.5 Å². The fraction of sp³-hybridized carbons (Fsp3) is 0.500. The third-order valence-electron chi connectivity index (χ3n) is 3.71. The second-order valence-electron chi connectivity index (χ2n) is 5.04. The predicted molar refractivity (Wildman–Crippen MR) is 73.2 cm³/mol. The first-order valence-electron chi connectivity index (χ1n) is 6.39. The van der Waals surface area contributed by atoms with Gasteiger partial charge in [-0.1, -0.05) is 18.2 Å². The van der Waals surface area contributed by atoms with Gasteiger partial charge in [-0.25, -0.2) is 0 Å². The minimum Gasteiger partial charge on any atom is -0.398 e. The van der Waals surface area contributed by atoms with Crippen molar-refractivity contribution < 1.29 is 4.79 Å². The van der Waals surface area contributed by atoms with Gasteiger partial charge in [0.2, 0.25) is 5.91 Å². The molecule has 1 aromatic carbocycles. The van der Waals surface area contributed by atoms with Gasteiger partial charge in [0.05, 0.1) is 6.42 Å². The van der Waals surface area contributed by atoms with Gasteiger partial charge in [0.1, 0.15) is 0 Å². The van der Waals surface area contributed by atoms with E-state index in [0.717, 1.165) is 25.2 Å². The fourth-order valence-electron chi connectivity index (χ4n) is 2.24. The molecule has 1 aromatic rings. The van der Waals surface area contributed by atoms with Gasteiger partial charge in [-0.15, -0.1) is 0 Å². The van der Waals surface area contributed by atoms with E-state index in [1.165, 1.54) is 0 Å². The second-order valence-corrected chi connectivity index (χ2v) is 5.04. The minimum absolute atomic E-state index is 0.174. The van der Waals surface area contributed by atoms with E-state index in [1.54, 1.807) is 0 Å². The Hall–Kier alpha value is -1.55. The van der Waals surface area contributed by atoms with E-state index >= 15 is 0 Å². The molecule has 1 atom stereocenters. The zero-order valence-electron chi connectivity index (χ0n) is 11.1. The van der Waals surface area contributed by atoms with Gasteiger partial charge in [0.15, 0.2) is 0 Å². The first-order valence-corrected chi connectivity index (χ1v) is 6.39. The number of nitrogens with two attached hydrogens (primary N) is 1. The Labute approximate surface area is 108 Å². The number of amides is 1. The average Bonchev–Trinajstić information content (AvgIpc) is 2.35. The van der Waals surface area contributed by atoms with Gasteiger partial charge >= 0.3 is 0 Å². The van der Waals surface area contributed by atoms with Crippen LogP contribution in [0.4, 0.5) is 5.69 Å². The summed E-state index contributed by atoms with van der Waals surface area (Å²) in [7, 11) is 2.10. The standard InChI is InChI=1S/C14H21N3O/c1-11-10-17(8-7-16(11)2)14(18)9-12-5-3-4-6-13(12)15/h3-6,11H,7-10,15H2,1-2H3. The number of hydrogen-bond donors (Lipinski definition) is 1. The Morgan fingerprint density at radius 3 is 2.78 bits per heavy atom. The summed E-state index contributed by atoms with van der Waals surface area (Å²) in [5.74, 6) is 0.174. The number of rotatable bonds is 2. The summed E-state index contributed by atoms with van der Waals surface area (Å²) in [6.45, 7) is 4.71. The molecule has 2 N–H and O–H groups in total. The number of anilines is 1. The van der Waals surface area contributed by atoms with E-state index in [0.29, 0.717) is 18.2 Å². The molecule has 4 nitrogen and oxygen atoms in total. The monoisotopic (exact) mass is 247 g/mol. The summed E-state index contributed by atoms with van der Waals surface area (Å²) in [5, 5.41) is 0. The summed E-state index contributed by atoms with van der Waals surface area (Å²) in [6, 6.07) is 8.00. The molecule has 0 bridgehead atoms. The van der Waals surface area contributed by atoms with E-state index in [1.807, 2.05) is 29.2 Å². The van der Waals surface area contributed by atoms with E-state index in [4.69, 9.17) is 5.73 Å². The van der Waals surface area contributed by atoms with Gasteiger partial charge in [0, 0.05) is 31.4 Å². The van der Waals surface area contributed by atoms with E-state index in [2.05, 4.69) is 18.9 Å². The zero-order chi connectivity index (χ0) is 13.1. The van der Waals surface area contributed by atoms with Crippen molar-refractivity contribution in [3.63, 3.8) is 0 Å². The Morgan fingerprint density at radius 1 is 1.39 bits per heavy atom. The molecule has 2 rings (SSSR count). The maximum Gasteiger partial charge on any atom is 0.227 e. The summed E-state index contributed by atoms with van der Waals surface area (Å²) in [6.07, 6.45) is 0.406. The van der Waals surface area contributed by atoms with Gasteiger partial charge in [0.25, 0.3) is 0 Å². The SMILES string of the molecule is CC1CN(C(=O)Cc2ccccc2N)CCN1C. The first kappa shape index (κ1) is 12.9. The summed E-state index contributed by atoms with van der Waals surface area (Å²) >= 11 is 0. The van der Waals surface area contributed by atoms with Crippen LogP contribution in [0.2, 0.25) is 0 Å².